The van der Waals surface area contributed by atoms with Gasteiger partial charge in [-0.25, -0.2) is 4.99 Å². The van der Waals surface area contributed by atoms with Crippen LogP contribution in [-0.4, -0.2) is 43.0 Å². The molecule has 0 amide bonds. The van der Waals surface area contributed by atoms with Crippen molar-refractivity contribution in [3.63, 3.8) is 0 Å². The molecule has 7 heteroatoms. The van der Waals surface area contributed by atoms with Crippen molar-refractivity contribution in [3.8, 4) is 0 Å². The van der Waals surface area contributed by atoms with Crippen LogP contribution in [0.25, 0.3) is 0 Å². The number of methoxy groups -OCH3 is 1. The van der Waals surface area contributed by atoms with Crippen molar-refractivity contribution in [1.29, 1.82) is 0 Å². The number of H-pyrrole nitrogens is 1. The Morgan fingerprint density at radius 2 is 2.27 bits per heavy atom. The summed E-state index contributed by atoms with van der Waals surface area (Å²) in [4.78, 5) is 4.59. The van der Waals surface area contributed by atoms with Crippen molar-refractivity contribution in [2.45, 2.75) is 39.2 Å². The third-order valence-electron chi connectivity index (χ3n) is 4.19. The van der Waals surface area contributed by atoms with E-state index in [0.717, 1.165) is 37.8 Å². The molecule has 0 unspecified atom stereocenters. The first-order chi connectivity index (χ1) is 10.3. The third-order valence-corrected chi connectivity index (χ3v) is 4.19. The molecule has 3 N–H and O–H groups in total. The predicted octanol–water partition coefficient (Wildman–Crippen LogP) is 2.29. The van der Waals surface area contributed by atoms with E-state index in [1.165, 1.54) is 19.3 Å². The minimum atomic E-state index is 0. The summed E-state index contributed by atoms with van der Waals surface area (Å²) in [7, 11) is 1.77. The molecule has 0 spiro atoms. The van der Waals surface area contributed by atoms with Crippen LogP contribution in [0.2, 0.25) is 0 Å². The Bertz CT molecular complexity index is 431. The molecule has 1 aliphatic rings. The van der Waals surface area contributed by atoms with E-state index in [-0.39, 0.29) is 24.0 Å². The van der Waals surface area contributed by atoms with Gasteiger partial charge in [0.1, 0.15) is 0 Å². The summed E-state index contributed by atoms with van der Waals surface area (Å²) in [5, 5.41) is 13.6. The number of ether oxygens (including phenoxy) is 1. The van der Waals surface area contributed by atoms with Gasteiger partial charge in [0.05, 0.1) is 12.2 Å². The van der Waals surface area contributed by atoms with Gasteiger partial charge in [0, 0.05) is 33.0 Å². The van der Waals surface area contributed by atoms with Gasteiger partial charge in [-0.15, -0.1) is 24.0 Å². The first kappa shape index (κ1) is 19.2. The summed E-state index contributed by atoms with van der Waals surface area (Å²) in [5.74, 6) is 0.871. The highest BCUT2D eigenvalue weighted by atomic mass is 127. The van der Waals surface area contributed by atoms with Crippen molar-refractivity contribution >= 4 is 29.9 Å². The molecule has 6 nitrogen and oxygen atoms in total. The van der Waals surface area contributed by atoms with Crippen LogP contribution in [0.1, 0.15) is 38.3 Å². The smallest absolute Gasteiger partial charge is 0.191 e. The van der Waals surface area contributed by atoms with Gasteiger partial charge in [-0.05, 0) is 37.7 Å². The average molecular weight is 421 g/mol. The Morgan fingerprint density at radius 3 is 2.82 bits per heavy atom. The van der Waals surface area contributed by atoms with Gasteiger partial charge in [0.25, 0.3) is 0 Å². The largest absolute Gasteiger partial charge is 0.385 e. The number of aromatic amines is 1. The van der Waals surface area contributed by atoms with Crippen molar-refractivity contribution in [2.75, 3.05) is 26.8 Å². The summed E-state index contributed by atoms with van der Waals surface area (Å²) >= 11 is 0. The number of halogens is 1. The van der Waals surface area contributed by atoms with E-state index in [1.54, 1.807) is 13.3 Å². The van der Waals surface area contributed by atoms with E-state index in [0.29, 0.717) is 12.0 Å². The first-order valence-electron chi connectivity index (χ1n) is 7.77. The Morgan fingerprint density at radius 1 is 1.45 bits per heavy atom. The molecule has 0 bridgehead atoms. The molecule has 1 heterocycles. The molecular formula is C15H28IN5O. The van der Waals surface area contributed by atoms with Gasteiger partial charge < -0.3 is 15.4 Å². The number of hydrogen-bond acceptors (Lipinski definition) is 3. The maximum Gasteiger partial charge on any atom is 0.191 e. The Kier molecular flexibility index (Phi) is 8.77. The average Bonchev–Trinajstić information content (AvgIpc) is 2.96. The summed E-state index contributed by atoms with van der Waals surface area (Å²) in [6.07, 6.45) is 6.76. The first-order valence-corrected chi connectivity index (χ1v) is 7.77. The lowest BCUT2D eigenvalue weighted by Crippen LogP contribution is -2.46. The fourth-order valence-corrected chi connectivity index (χ4v) is 2.66. The topological polar surface area (TPSA) is 74.3 Å². The maximum atomic E-state index is 5.24. The number of rotatable bonds is 8. The van der Waals surface area contributed by atoms with Crippen LogP contribution in [-0.2, 0) is 11.3 Å². The quantitative estimate of drug-likeness (QED) is 0.342. The van der Waals surface area contributed by atoms with E-state index in [1.807, 2.05) is 6.07 Å². The highest BCUT2D eigenvalue weighted by Gasteiger charge is 2.36. The van der Waals surface area contributed by atoms with Crippen LogP contribution in [0.5, 0.6) is 0 Å². The monoisotopic (exact) mass is 421 g/mol. The van der Waals surface area contributed by atoms with E-state index < -0.39 is 0 Å². The molecule has 22 heavy (non-hydrogen) atoms. The predicted molar refractivity (Wildman–Crippen MR) is 99.6 cm³/mol. The van der Waals surface area contributed by atoms with Gasteiger partial charge >= 0.3 is 0 Å². The number of guanidine groups is 1. The molecule has 1 aromatic heterocycles. The van der Waals surface area contributed by atoms with Gasteiger partial charge in [0.2, 0.25) is 0 Å². The maximum absolute atomic E-state index is 5.24. The summed E-state index contributed by atoms with van der Waals surface area (Å²) in [5.41, 5.74) is 1.41. The second-order valence-electron chi connectivity index (χ2n) is 5.73. The molecule has 1 aromatic rings. The summed E-state index contributed by atoms with van der Waals surface area (Å²) in [6.45, 7) is 5.35. The Labute approximate surface area is 149 Å². The molecule has 0 saturated heterocycles. The van der Waals surface area contributed by atoms with Crippen LogP contribution < -0.4 is 10.6 Å². The van der Waals surface area contributed by atoms with E-state index in [4.69, 9.17) is 4.74 Å². The van der Waals surface area contributed by atoms with Crippen LogP contribution in [0.4, 0.5) is 0 Å². The molecule has 2 rings (SSSR count). The van der Waals surface area contributed by atoms with Crippen LogP contribution in [0.15, 0.2) is 17.3 Å². The lowest BCUT2D eigenvalue weighted by atomic mass is 9.67. The Hall–Kier alpha value is -0.830. The molecule has 1 fully saturated rings. The fraction of sp³-hybridized carbons (Fsp3) is 0.733. The van der Waals surface area contributed by atoms with Crippen molar-refractivity contribution in [1.82, 2.24) is 20.8 Å². The second-order valence-corrected chi connectivity index (χ2v) is 5.73. The van der Waals surface area contributed by atoms with Crippen molar-refractivity contribution in [2.24, 2.45) is 10.4 Å². The van der Waals surface area contributed by atoms with Crippen molar-refractivity contribution in [3.05, 3.63) is 18.0 Å². The zero-order valence-electron chi connectivity index (χ0n) is 13.5. The Balaban J connectivity index is 0.00000242. The van der Waals surface area contributed by atoms with Crippen LogP contribution in [0, 0.1) is 5.41 Å². The van der Waals surface area contributed by atoms with E-state index in [2.05, 4.69) is 32.7 Å². The molecule has 0 radical (unpaired) electrons. The lowest BCUT2D eigenvalue weighted by Gasteiger charge is -2.42. The molecule has 0 aromatic carbocycles. The number of hydrogen-bond donors (Lipinski definition) is 3. The lowest BCUT2D eigenvalue weighted by molar-refractivity contribution is 0.0732. The molecule has 1 aliphatic carbocycles. The number of nitrogens with zero attached hydrogens (tertiary/aromatic N) is 2. The van der Waals surface area contributed by atoms with Crippen LogP contribution in [0.3, 0.4) is 0 Å². The summed E-state index contributed by atoms with van der Waals surface area (Å²) in [6, 6.07) is 1.94. The SMILES string of the molecule is CCNC(=NCc1ccn[nH]1)NCC1(CCOC)CCC1.I. The zero-order valence-corrected chi connectivity index (χ0v) is 15.9. The van der Waals surface area contributed by atoms with Gasteiger partial charge in [-0.1, -0.05) is 6.42 Å². The minimum absolute atomic E-state index is 0. The molecular weight excluding hydrogens is 393 g/mol. The normalized spacial score (nSPS) is 16.5. The van der Waals surface area contributed by atoms with Crippen molar-refractivity contribution < 1.29 is 4.74 Å². The standard InChI is InChI=1S/C15H27N5O.HI/c1-3-16-14(17-11-13-5-9-19-20-13)18-12-15(6-4-7-15)8-10-21-2;/h5,9H,3-4,6-8,10-12H2,1-2H3,(H,19,20)(H2,16,17,18);1H. The molecule has 126 valence electrons. The third kappa shape index (κ3) is 5.75. The number of aromatic nitrogens is 2. The van der Waals surface area contributed by atoms with Gasteiger partial charge in [0.15, 0.2) is 5.96 Å². The molecule has 1 saturated carbocycles. The van der Waals surface area contributed by atoms with E-state index in [9.17, 15) is 0 Å². The second kappa shape index (κ2) is 10.0. The number of nitrogens with one attached hydrogen (secondary N) is 3. The van der Waals surface area contributed by atoms with Gasteiger partial charge in [-0.2, -0.15) is 5.10 Å². The molecule has 0 atom stereocenters. The zero-order chi connectivity index (χ0) is 15.0. The van der Waals surface area contributed by atoms with Gasteiger partial charge in [-0.3, -0.25) is 5.10 Å². The highest BCUT2D eigenvalue weighted by Crippen LogP contribution is 2.43. The number of aliphatic imine (C=N–C) groups is 1. The van der Waals surface area contributed by atoms with E-state index >= 15 is 0 Å². The summed E-state index contributed by atoms with van der Waals surface area (Å²) < 4.78 is 5.24. The van der Waals surface area contributed by atoms with Crippen LogP contribution >= 0.6 is 24.0 Å². The fourth-order valence-electron chi connectivity index (χ4n) is 2.66. The molecule has 0 aliphatic heterocycles. The minimum Gasteiger partial charge on any atom is -0.385 e. The highest BCUT2D eigenvalue weighted by molar-refractivity contribution is 14.0.